The fraction of sp³-hybridized carbons (Fsp3) is 0.625. The summed E-state index contributed by atoms with van der Waals surface area (Å²) in [6.45, 7) is 2.83. The molecule has 0 heterocycles. The monoisotopic (exact) mass is 299 g/mol. The molecule has 1 saturated carbocycles. The zero-order chi connectivity index (χ0) is 14.5. The molecule has 112 valence electrons. The summed E-state index contributed by atoms with van der Waals surface area (Å²) in [4.78, 5) is 0.422. The lowest BCUT2D eigenvalue weighted by Crippen LogP contribution is -2.32. The molecule has 0 aromatic heterocycles. The number of nitrogens with two attached hydrogens (primary N) is 1. The zero-order valence-corrected chi connectivity index (χ0v) is 12.8. The van der Waals surface area contributed by atoms with E-state index in [9.17, 15) is 8.78 Å². The molecule has 0 aliphatic heterocycles. The fourth-order valence-corrected chi connectivity index (χ4v) is 4.58. The second-order valence-corrected chi connectivity index (χ2v) is 6.98. The van der Waals surface area contributed by atoms with E-state index in [1.165, 1.54) is 49.2 Å². The van der Waals surface area contributed by atoms with E-state index in [1.807, 2.05) is 0 Å². The second kappa shape index (κ2) is 7.41. The van der Waals surface area contributed by atoms with E-state index in [0.717, 1.165) is 12.8 Å². The third-order valence-electron chi connectivity index (χ3n) is 4.21. The summed E-state index contributed by atoms with van der Waals surface area (Å²) < 4.78 is 27.1. The van der Waals surface area contributed by atoms with Crippen LogP contribution in [0, 0.1) is 23.5 Å². The van der Waals surface area contributed by atoms with Crippen LogP contribution in [0.25, 0.3) is 0 Å². The Hall–Kier alpha value is -0.610. The van der Waals surface area contributed by atoms with Crippen LogP contribution >= 0.6 is 11.8 Å². The molecule has 1 aromatic carbocycles. The van der Waals surface area contributed by atoms with Crippen molar-refractivity contribution in [3.63, 3.8) is 0 Å². The quantitative estimate of drug-likeness (QED) is 0.860. The summed E-state index contributed by atoms with van der Waals surface area (Å²) in [6, 6.07) is 3.68. The first-order chi connectivity index (χ1) is 9.63. The zero-order valence-electron chi connectivity index (χ0n) is 11.9. The first-order valence-corrected chi connectivity index (χ1v) is 8.33. The molecule has 0 radical (unpaired) electrons. The molecule has 1 aliphatic carbocycles. The van der Waals surface area contributed by atoms with Crippen molar-refractivity contribution in [1.82, 2.24) is 0 Å². The maximum atomic E-state index is 13.8. The highest BCUT2D eigenvalue weighted by Crippen LogP contribution is 2.41. The Labute approximate surface area is 124 Å². The standard InChI is InChI=1S/C16H23F2NS/c1-2-3-11-4-5-12(10-19)15(8-11)20-16-9-13(17)6-7-14(16)18/h6-7,9,11-12,15H,2-5,8,10,19H2,1H3. The lowest BCUT2D eigenvalue weighted by Gasteiger charge is -2.35. The van der Waals surface area contributed by atoms with Crippen molar-refractivity contribution in [3.05, 3.63) is 29.8 Å². The van der Waals surface area contributed by atoms with Gasteiger partial charge < -0.3 is 5.73 Å². The van der Waals surface area contributed by atoms with Gasteiger partial charge in [-0.05, 0) is 49.4 Å². The molecule has 1 fully saturated rings. The van der Waals surface area contributed by atoms with Gasteiger partial charge in [0.15, 0.2) is 0 Å². The van der Waals surface area contributed by atoms with Crippen molar-refractivity contribution < 1.29 is 8.78 Å². The summed E-state index contributed by atoms with van der Waals surface area (Å²) in [7, 11) is 0. The lowest BCUT2D eigenvalue weighted by atomic mass is 9.80. The van der Waals surface area contributed by atoms with Crippen molar-refractivity contribution >= 4 is 11.8 Å². The largest absolute Gasteiger partial charge is 0.330 e. The van der Waals surface area contributed by atoms with Gasteiger partial charge in [0.05, 0.1) is 0 Å². The normalized spacial score (nSPS) is 26.7. The molecule has 0 spiro atoms. The van der Waals surface area contributed by atoms with E-state index in [4.69, 9.17) is 5.73 Å². The van der Waals surface area contributed by atoms with Crippen molar-refractivity contribution in [1.29, 1.82) is 0 Å². The SMILES string of the molecule is CCCC1CCC(CN)C(Sc2cc(F)ccc2F)C1. The van der Waals surface area contributed by atoms with Crippen LogP contribution in [-0.4, -0.2) is 11.8 Å². The summed E-state index contributed by atoms with van der Waals surface area (Å²) in [5, 5.41) is 0.307. The molecule has 4 heteroatoms. The van der Waals surface area contributed by atoms with E-state index >= 15 is 0 Å². The molecule has 0 amide bonds. The molecule has 1 nitrogen and oxygen atoms in total. The minimum absolute atomic E-state index is 0.307. The van der Waals surface area contributed by atoms with Crippen LogP contribution in [-0.2, 0) is 0 Å². The van der Waals surface area contributed by atoms with Crippen molar-refractivity contribution in [2.45, 2.75) is 49.2 Å². The number of thioether (sulfide) groups is 1. The summed E-state index contributed by atoms with van der Waals surface area (Å²) in [5.74, 6) is 0.414. The Morgan fingerprint density at radius 2 is 2.10 bits per heavy atom. The van der Waals surface area contributed by atoms with Gasteiger partial charge in [0, 0.05) is 10.1 Å². The number of benzene rings is 1. The van der Waals surface area contributed by atoms with Gasteiger partial charge in [0.2, 0.25) is 0 Å². The number of halogens is 2. The van der Waals surface area contributed by atoms with E-state index in [0.29, 0.717) is 28.5 Å². The van der Waals surface area contributed by atoms with Gasteiger partial charge in [-0.1, -0.05) is 26.2 Å². The lowest BCUT2D eigenvalue weighted by molar-refractivity contribution is 0.276. The molecule has 3 unspecified atom stereocenters. The summed E-state index contributed by atoms with van der Waals surface area (Å²) in [6.07, 6.45) is 5.80. The van der Waals surface area contributed by atoms with Crippen LogP contribution < -0.4 is 5.73 Å². The first kappa shape index (κ1) is 15.8. The van der Waals surface area contributed by atoms with Gasteiger partial charge in [-0.25, -0.2) is 8.78 Å². The number of hydrogen-bond acceptors (Lipinski definition) is 2. The van der Waals surface area contributed by atoms with Crippen LogP contribution in [0.5, 0.6) is 0 Å². The van der Waals surface area contributed by atoms with E-state index in [2.05, 4.69) is 6.92 Å². The van der Waals surface area contributed by atoms with Crippen molar-refractivity contribution in [2.75, 3.05) is 6.54 Å². The first-order valence-electron chi connectivity index (χ1n) is 7.45. The van der Waals surface area contributed by atoms with E-state index in [1.54, 1.807) is 0 Å². The molecule has 3 atom stereocenters. The van der Waals surface area contributed by atoms with Crippen molar-refractivity contribution in [3.8, 4) is 0 Å². The van der Waals surface area contributed by atoms with Gasteiger partial charge in [0.1, 0.15) is 11.6 Å². The highest BCUT2D eigenvalue weighted by atomic mass is 32.2. The molecule has 20 heavy (non-hydrogen) atoms. The predicted octanol–water partition coefficient (Wildman–Crippen LogP) is 4.60. The van der Waals surface area contributed by atoms with Crippen LogP contribution in [0.2, 0.25) is 0 Å². The fourth-order valence-electron chi connectivity index (χ4n) is 3.09. The van der Waals surface area contributed by atoms with Gasteiger partial charge in [0.25, 0.3) is 0 Å². The molecule has 2 N–H and O–H groups in total. The minimum Gasteiger partial charge on any atom is -0.330 e. The Morgan fingerprint density at radius 1 is 1.30 bits per heavy atom. The molecule has 1 aromatic rings. The number of rotatable bonds is 5. The van der Waals surface area contributed by atoms with Gasteiger partial charge in [-0.2, -0.15) is 0 Å². The molecular weight excluding hydrogens is 276 g/mol. The Kier molecular flexibility index (Phi) is 5.85. The van der Waals surface area contributed by atoms with Crippen LogP contribution in [0.15, 0.2) is 23.1 Å². The third-order valence-corrected chi connectivity index (χ3v) is 5.66. The Morgan fingerprint density at radius 3 is 2.80 bits per heavy atom. The second-order valence-electron chi connectivity index (χ2n) is 5.69. The Balaban J connectivity index is 2.09. The van der Waals surface area contributed by atoms with Crippen LogP contribution in [0.4, 0.5) is 8.78 Å². The predicted molar refractivity (Wildman–Crippen MR) is 80.8 cm³/mol. The average Bonchev–Trinajstić information content (AvgIpc) is 2.44. The summed E-state index contributed by atoms with van der Waals surface area (Å²) in [5.41, 5.74) is 5.85. The minimum atomic E-state index is -0.376. The highest BCUT2D eigenvalue weighted by Gasteiger charge is 2.30. The van der Waals surface area contributed by atoms with Gasteiger partial charge in [-0.3, -0.25) is 0 Å². The molecular formula is C16H23F2NS. The summed E-state index contributed by atoms with van der Waals surface area (Å²) >= 11 is 1.47. The molecule has 0 bridgehead atoms. The van der Waals surface area contributed by atoms with Crippen molar-refractivity contribution in [2.24, 2.45) is 17.6 Å². The highest BCUT2D eigenvalue weighted by molar-refractivity contribution is 8.00. The smallest absolute Gasteiger partial charge is 0.136 e. The van der Waals surface area contributed by atoms with E-state index in [-0.39, 0.29) is 11.6 Å². The maximum absolute atomic E-state index is 13.8. The molecule has 2 rings (SSSR count). The maximum Gasteiger partial charge on any atom is 0.136 e. The number of hydrogen-bond donors (Lipinski definition) is 1. The van der Waals surface area contributed by atoms with Gasteiger partial charge >= 0.3 is 0 Å². The van der Waals surface area contributed by atoms with Crippen LogP contribution in [0.1, 0.15) is 39.0 Å². The Bertz CT molecular complexity index is 438. The average molecular weight is 299 g/mol. The van der Waals surface area contributed by atoms with Gasteiger partial charge in [-0.15, -0.1) is 11.8 Å². The van der Waals surface area contributed by atoms with E-state index < -0.39 is 0 Å². The molecule has 0 saturated heterocycles. The van der Waals surface area contributed by atoms with Crippen LogP contribution in [0.3, 0.4) is 0 Å². The molecule has 1 aliphatic rings. The third kappa shape index (κ3) is 3.95. The topological polar surface area (TPSA) is 26.0 Å².